The van der Waals surface area contributed by atoms with Gasteiger partial charge >= 0.3 is 0 Å². The second-order valence-corrected chi connectivity index (χ2v) is 6.73. The molecular weight excluding hydrogens is 220 g/mol. The second kappa shape index (κ2) is 7.49. The minimum atomic E-state index is 0.884. The molecule has 2 nitrogen and oxygen atoms in total. The third-order valence-corrected chi connectivity index (χ3v) is 5.19. The van der Waals surface area contributed by atoms with Crippen LogP contribution < -0.4 is 5.32 Å². The van der Waals surface area contributed by atoms with Crippen molar-refractivity contribution in [2.45, 2.75) is 64.3 Å². The van der Waals surface area contributed by atoms with Gasteiger partial charge in [-0.1, -0.05) is 6.92 Å². The monoisotopic (exact) mass is 252 g/mol. The number of piperidine rings is 1. The van der Waals surface area contributed by atoms with Gasteiger partial charge in [0.2, 0.25) is 0 Å². The topological polar surface area (TPSA) is 15.3 Å². The van der Waals surface area contributed by atoms with Gasteiger partial charge in [0.15, 0.2) is 0 Å². The Morgan fingerprint density at radius 2 is 1.67 bits per heavy atom. The fraction of sp³-hybridized carbons (Fsp3) is 1.00. The summed E-state index contributed by atoms with van der Waals surface area (Å²) in [6.45, 7) is 6.23. The van der Waals surface area contributed by atoms with E-state index in [1.165, 1.54) is 71.0 Å². The highest BCUT2D eigenvalue weighted by Gasteiger charge is 2.21. The van der Waals surface area contributed by atoms with Crippen LogP contribution in [0.5, 0.6) is 0 Å². The van der Waals surface area contributed by atoms with Gasteiger partial charge in [-0.3, -0.25) is 0 Å². The van der Waals surface area contributed by atoms with E-state index in [-0.39, 0.29) is 0 Å². The third-order valence-electron chi connectivity index (χ3n) is 5.19. The quantitative estimate of drug-likeness (QED) is 0.808. The zero-order chi connectivity index (χ0) is 12.8. The molecule has 2 heteroatoms. The molecule has 0 amide bonds. The van der Waals surface area contributed by atoms with E-state index in [9.17, 15) is 0 Å². The molecule has 1 saturated carbocycles. The van der Waals surface area contributed by atoms with Gasteiger partial charge in [-0.05, 0) is 89.9 Å². The van der Waals surface area contributed by atoms with Crippen LogP contribution in [-0.4, -0.2) is 37.6 Å². The number of hydrogen-bond acceptors (Lipinski definition) is 2. The predicted octanol–water partition coefficient (Wildman–Crippen LogP) is 3.28. The van der Waals surface area contributed by atoms with E-state index in [2.05, 4.69) is 24.2 Å². The maximum atomic E-state index is 3.46. The molecule has 0 aromatic rings. The average Bonchev–Trinajstić information content (AvgIpc) is 2.40. The first-order valence-electron chi connectivity index (χ1n) is 8.16. The molecule has 1 heterocycles. The molecule has 2 rings (SSSR count). The standard InChI is InChI=1S/C16H32N2/c1-14-5-7-16(8-6-14)18(2)13-3-4-15-9-11-17-12-10-15/h14-17H,3-13H2,1-2H3. The first kappa shape index (κ1) is 14.3. The van der Waals surface area contributed by atoms with Crippen LogP contribution in [0.1, 0.15) is 58.3 Å². The van der Waals surface area contributed by atoms with Crippen LogP contribution in [-0.2, 0) is 0 Å². The van der Waals surface area contributed by atoms with Crippen LogP contribution in [0.4, 0.5) is 0 Å². The molecule has 2 fully saturated rings. The van der Waals surface area contributed by atoms with Crippen LogP contribution in [0.15, 0.2) is 0 Å². The maximum absolute atomic E-state index is 3.46. The molecule has 0 aromatic carbocycles. The summed E-state index contributed by atoms with van der Waals surface area (Å²) >= 11 is 0. The van der Waals surface area contributed by atoms with Crippen LogP contribution in [0.2, 0.25) is 0 Å². The van der Waals surface area contributed by atoms with E-state index < -0.39 is 0 Å². The Morgan fingerprint density at radius 3 is 2.33 bits per heavy atom. The minimum Gasteiger partial charge on any atom is -0.317 e. The molecule has 1 N–H and O–H groups in total. The molecule has 0 radical (unpaired) electrons. The van der Waals surface area contributed by atoms with Crippen LogP contribution in [0.3, 0.4) is 0 Å². The highest BCUT2D eigenvalue weighted by molar-refractivity contribution is 4.77. The first-order valence-corrected chi connectivity index (χ1v) is 8.16. The number of hydrogen-bond donors (Lipinski definition) is 1. The number of rotatable bonds is 5. The SMILES string of the molecule is CC1CCC(N(C)CCCC2CCNCC2)CC1. The predicted molar refractivity (Wildman–Crippen MR) is 78.9 cm³/mol. The van der Waals surface area contributed by atoms with Gasteiger partial charge in [0, 0.05) is 6.04 Å². The molecular formula is C16H32N2. The average molecular weight is 252 g/mol. The van der Waals surface area contributed by atoms with Crippen LogP contribution >= 0.6 is 0 Å². The summed E-state index contributed by atoms with van der Waals surface area (Å²) in [6.07, 6.45) is 11.4. The molecule has 2 aliphatic rings. The fourth-order valence-corrected chi connectivity index (χ4v) is 3.67. The molecule has 106 valence electrons. The Morgan fingerprint density at radius 1 is 1.00 bits per heavy atom. The molecule has 1 saturated heterocycles. The highest BCUT2D eigenvalue weighted by atomic mass is 15.1. The summed E-state index contributed by atoms with van der Waals surface area (Å²) in [5.74, 6) is 1.98. The number of nitrogens with one attached hydrogen (secondary N) is 1. The molecule has 0 spiro atoms. The maximum Gasteiger partial charge on any atom is 0.00924 e. The summed E-state index contributed by atoms with van der Waals surface area (Å²) in [4.78, 5) is 2.65. The summed E-state index contributed by atoms with van der Waals surface area (Å²) in [6, 6.07) is 0.884. The van der Waals surface area contributed by atoms with Crippen molar-refractivity contribution in [3.63, 3.8) is 0 Å². The van der Waals surface area contributed by atoms with Crippen molar-refractivity contribution in [1.82, 2.24) is 10.2 Å². The zero-order valence-electron chi connectivity index (χ0n) is 12.5. The molecule has 0 aromatic heterocycles. The van der Waals surface area contributed by atoms with E-state index in [0.29, 0.717) is 0 Å². The van der Waals surface area contributed by atoms with Gasteiger partial charge in [-0.15, -0.1) is 0 Å². The normalized spacial score (nSPS) is 30.8. The van der Waals surface area contributed by atoms with E-state index in [1.807, 2.05) is 0 Å². The summed E-state index contributed by atoms with van der Waals surface area (Å²) in [7, 11) is 2.35. The second-order valence-electron chi connectivity index (χ2n) is 6.73. The Balaban J connectivity index is 1.57. The Hall–Kier alpha value is -0.0800. The lowest BCUT2D eigenvalue weighted by atomic mass is 9.86. The van der Waals surface area contributed by atoms with Crippen molar-refractivity contribution >= 4 is 0 Å². The van der Waals surface area contributed by atoms with Gasteiger partial charge in [-0.2, -0.15) is 0 Å². The fourth-order valence-electron chi connectivity index (χ4n) is 3.67. The number of nitrogens with zero attached hydrogens (tertiary/aromatic N) is 1. The van der Waals surface area contributed by atoms with Gasteiger partial charge in [0.05, 0.1) is 0 Å². The third kappa shape index (κ3) is 4.55. The molecule has 0 bridgehead atoms. The smallest absolute Gasteiger partial charge is 0.00924 e. The highest BCUT2D eigenvalue weighted by Crippen LogP contribution is 2.27. The van der Waals surface area contributed by atoms with Crippen molar-refractivity contribution < 1.29 is 0 Å². The molecule has 1 aliphatic carbocycles. The largest absolute Gasteiger partial charge is 0.317 e. The lowest BCUT2D eigenvalue weighted by molar-refractivity contribution is 0.164. The van der Waals surface area contributed by atoms with Gasteiger partial charge in [0.1, 0.15) is 0 Å². The van der Waals surface area contributed by atoms with E-state index in [4.69, 9.17) is 0 Å². The Labute approximate surface area is 114 Å². The van der Waals surface area contributed by atoms with Gasteiger partial charge in [-0.25, -0.2) is 0 Å². The van der Waals surface area contributed by atoms with Crippen LogP contribution in [0, 0.1) is 11.8 Å². The van der Waals surface area contributed by atoms with Crippen molar-refractivity contribution in [2.24, 2.45) is 11.8 Å². The lowest BCUT2D eigenvalue weighted by Crippen LogP contribution is -2.35. The summed E-state index contributed by atoms with van der Waals surface area (Å²) in [5.41, 5.74) is 0. The van der Waals surface area contributed by atoms with Crippen molar-refractivity contribution in [3.05, 3.63) is 0 Å². The summed E-state index contributed by atoms with van der Waals surface area (Å²) in [5, 5.41) is 3.46. The lowest BCUT2D eigenvalue weighted by Gasteiger charge is -2.34. The van der Waals surface area contributed by atoms with Crippen LogP contribution in [0.25, 0.3) is 0 Å². The Kier molecular flexibility index (Phi) is 5.97. The van der Waals surface area contributed by atoms with E-state index in [0.717, 1.165) is 17.9 Å². The van der Waals surface area contributed by atoms with Crippen molar-refractivity contribution in [2.75, 3.05) is 26.7 Å². The summed E-state index contributed by atoms with van der Waals surface area (Å²) < 4.78 is 0. The van der Waals surface area contributed by atoms with Crippen molar-refractivity contribution in [3.8, 4) is 0 Å². The molecule has 1 aliphatic heterocycles. The molecule has 0 unspecified atom stereocenters. The van der Waals surface area contributed by atoms with Gasteiger partial charge in [0.25, 0.3) is 0 Å². The first-order chi connectivity index (χ1) is 8.75. The minimum absolute atomic E-state index is 0.884. The zero-order valence-corrected chi connectivity index (χ0v) is 12.5. The Bertz CT molecular complexity index is 215. The molecule has 0 atom stereocenters. The van der Waals surface area contributed by atoms with E-state index in [1.54, 1.807) is 0 Å². The van der Waals surface area contributed by atoms with E-state index >= 15 is 0 Å². The molecule has 18 heavy (non-hydrogen) atoms. The van der Waals surface area contributed by atoms with Crippen molar-refractivity contribution in [1.29, 1.82) is 0 Å². The van der Waals surface area contributed by atoms with Gasteiger partial charge < -0.3 is 10.2 Å².